The minimum atomic E-state index is -1.98. The zero-order valence-corrected chi connectivity index (χ0v) is 55.8. The third-order valence-electron chi connectivity index (χ3n) is 17.5. The molecule has 3 saturated heterocycles. The Morgan fingerprint density at radius 3 is 1.19 bits per heavy atom. The zero-order chi connectivity index (χ0) is 66.1. The van der Waals surface area contributed by atoms with E-state index in [2.05, 4.69) is 79.9 Å². The maximum absolute atomic E-state index is 13.4. The first-order valence-electron chi connectivity index (χ1n) is 35.7. The van der Waals surface area contributed by atoms with Gasteiger partial charge in [0, 0.05) is 6.42 Å². The summed E-state index contributed by atoms with van der Waals surface area (Å²) in [7, 11) is 0. The molecule has 0 spiro atoms. The van der Waals surface area contributed by atoms with Crippen molar-refractivity contribution in [2.75, 3.05) is 26.4 Å². The van der Waals surface area contributed by atoms with Crippen molar-refractivity contribution in [3.8, 4) is 0 Å². The van der Waals surface area contributed by atoms with Crippen molar-refractivity contribution < 1.29 is 89.4 Å². The number of rotatable bonds is 54. The molecule has 0 bridgehead atoms. The molecule has 0 aromatic rings. The summed E-state index contributed by atoms with van der Waals surface area (Å²) in [6, 6.07) is -0.974. The lowest BCUT2D eigenvalue weighted by molar-refractivity contribution is -0.379. The van der Waals surface area contributed by atoms with Crippen molar-refractivity contribution in [1.29, 1.82) is 0 Å². The Bertz CT molecular complexity index is 1930. The van der Waals surface area contributed by atoms with Crippen LogP contribution in [-0.4, -0.2) is 193 Å². The average Bonchev–Trinajstić information content (AvgIpc) is 0.871. The van der Waals surface area contributed by atoms with Crippen LogP contribution in [0, 0.1) is 0 Å². The zero-order valence-electron chi connectivity index (χ0n) is 55.8. The highest BCUT2D eigenvalue weighted by atomic mass is 16.8. The van der Waals surface area contributed by atoms with Gasteiger partial charge in [-0.3, -0.25) is 4.79 Å². The van der Waals surface area contributed by atoms with E-state index < -0.39 is 124 Å². The molecule has 0 aliphatic carbocycles. The second kappa shape index (κ2) is 53.4. The normalized spacial score (nSPS) is 28.3. The van der Waals surface area contributed by atoms with Crippen LogP contribution in [0.3, 0.4) is 0 Å². The minimum absolute atomic E-state index is 0.242. The molecule has 0 saturated carbocycles. The highest BCUT2D eigenvalue weighted by molar-refractivity contribution is 5.76. The van der Waals surface area contributed by atoms with E-state index in [4.69, 9.17) is 28.4 Å². The van der Waals surface area contributed by atoms with Crippen LogP contribution in [0.2, 0.25) is 0 Å². The Kier molecular flexibility index (Phi) is 48.4. The molecule has 19 heteroatoms. The van der Waals surface area contributed by atoms with Gasteiger partial charge in [0.15, 0.2) is 18.9 Å². The van der Waals surface area contributed by atoms with E-state index >= 15 is 0 Å². The van der Waals surface area contributed by atoms with Crippen LogP contribution in [-0.2, 0) is 33.2 Å². The van der Waals surface area contributed by atoms with Crippen LogP contribution in [0.15, 0.2) is 72.9 Å². The summed E-state index contributed by atoms with van der Waals surface area (Å²) in [5.41, 5.74) is 0. The number of aliphatic hydroxyl groups excluding tert-OH is 11. The van der Waals surface area contributed by atoms with Gasteiger partial charge in [0.2, 0.25) is 5.91 Å². The summed E-state index contributed by atoms with van der Waals surface area (Å²) in [6.07, 6.45) is 40.3. The van der Waals surface area contributed by atoms with E-state index in [1.807, 2.05) is 6.08 Å². The van der Waals surface area contributed by atoms with E-state index in [0.29, 0.717) is 6.42 Å². The Morgan fingerprint density at radius 1 is 0.407 bits per heavy atom. The van der Waals surface area contributed by atoms with Gasteiger partial charge >= 0.3 is 0 Å². The number of unbranched alkanes of at least 4 members (excludes halogenated alkanes) is 28. The van der Waals surface area contributed by atoms with Gasteiger partial charge in [0.25, 0.3) is 0 Å². The number of aliphatic hydroxyl groups is 11. The molecule has 3 aliphatic rings. The molecule has 0 radical (unpaired) electrons. The van der Waals surface area contributed by atoms with Gasteiger partial charge in [-0.1, -0.05) is 247 Å². The predicted octanol–water partition coefficient (Wildman–Crippen LogP) is 9.72. The van der Waals surface area contributed by atoms with Crippen molar-refractivity contribution in [2.45, 2.75) is 349 Å². The van der Waals surface area contributed by atoms with Crippen LogP contribution in [0.1, 0.15) is 245 Å². The van der Waals surface area contributed by atoms with E-state index in [0.717, 1.165) is 77.0 Å². The largest absolute Gasteiger partial charge is 0.394 e. The molecule has 528 valence electrons. The average molecular weight is 1290 g/mol. The smallest absolute Gasteiger partial charge is 0.220 e. The van der Waals surface area contributed by atoms with Crippen molar-refractivity contribution >= 4 is 5.91 Å². The minimum Gasteiger partial charge on any atom is -0.394 e. The van der Waals surface area contributed by atoms with Gasteiger partial charge in [-0.2, -0.15) is 0 Å². The van der Waals surface area contributed by atoms with Crippen molar-refractivity contribution in [3.63, 3.8) is 0 Å². The third-order valence-corrected chi connectivity index (χ3v) is 17.5. The highest BCUT2D eigenvalue weighted by Gasteiger charge is 2.53. The molecule has 19 nitrogen and oxygen atoms in total. The molecule has 3 aliphatic heterocycles. The van der Waals surface area contributed by atoms with Crippen molar-refractivity contribution in [3.05, 3.63) is 72.9 Å². The molecular weight excluding hydrogens is 1170 g/mol. The fourth-order valence-corrected chi connectivity index (χ4v) is 11.7. The van der Waals surface area contributed by atoms with E-state index in [1.54, 1.807) is 6.08 Å². The molecule has 3 heterocycles. The monoisotopic (exact) mass is 1290 g/mol. The summed E-state index contributed by atoms with van der Waals surface area (Å²) in [5.74, 6) is -0.276. The second-order valence-corrected chi connectivity index (χ2v) is 25.3. The maximum Gasteiger partial charge on any atom is 0.220 e. The summed E-state index contributed by atoms with van der Waals surface area (Å²) in [5, 5.41) is 120. The summed E-state index contributed by atoms with van der Waals surface area (Å²) >= 11 is 0. The highest BCUT2D eigenvalue weighted by Crippen LogP contribution is 2.33. The molecule has 17 unspecified atom stereocenters. The number of hydrogen-bond donors (Lipinski definition) is 12. The topological polar surface area (TPSA) is 307 Å². The van der Waals surface area contributed by atoms with Crippen LogP contribution in [0.25, 0.3) is 0 Å². The first-order valence-corrected chi connectivity index (χ1v) is 35.7. The number of hydrogen-bond acceptors (Lipinski definition) is 18. The lowest BCUT2D eigenvalue weighted by atomic mass is 9.96. The van der Waals surface area contributed by atoms with Gasteiger partial charge in [-0.15, -0.1) is 0 Å². The van der Waals surface area contributed by atoms with Crippen molar-refractivity contribution in [1.82, 2.24) is 5.32 Å². The van der Waals surface area contributed by atoms with Gasteiger partial charge in [0.1, 0.15) is 73.2 Å². The van der Waals surface area contributed by atoms with Gasteiger partial charge in [0.05, 0.1) is 38.6 Å². The second-order valence-electron chi connectivity index (χ2n) is 25.3. The van der Waals surface area contributed by atoms with Crippen molar-refractivity contribution in [2.24, 2.45) is 0 Å². The molecule has 17 atom stereocenters. The van der Waals surface area contributed by atoms with E-state index in [9.17, 15) is 61.0 Å². The Balaban J connectivity index is 1.35. The number of allylic oxidation sites excluding steroid dienone is 11. The van der Waals surface area contributed by atoms with E-state index in [-0.39, 0.29) is 18.9 Å². The maximum atomic E-state index is 13.4. The third kappa shape index (κ3) is 35.2. The lowest BCUT2D eigenvalue weighted by Crippen LogP contribution is -2.66. The molecule has 91 heavy (non-hydrogen) atoms. The van der Waals surface area contributed by atoms with Gasteiger partial charge < -0.3 is 89.9 Å². The predicted molar refractivity (Wildman–Crippen MR) is 355 cm³/mol. The number of nitrogens with one attached hydrogen (secondary N) is 1. The van der Waals surface area contributed by atoms with Crippen LogP contribution in [0.5, 0.6) is 0 Å². The number of amides is 1. The van der Waals surface area contributed by atoms with Crippen LogP contribution < -0.4 is 5.32 Å². The van der Waals surface area contributed by atoms with Crippen LogP contribution in [0.4, 0.5) is 0 Å². The quantitative estimate of drug-likeness (QED) is 0.0199. The summed E-state index contributed by atoms with van der Waals surface area (Å²) in [4.78, 5) is 13.4. The molecule has 3 rings (SSSR count). The Hall–Kier alpha value is -2.77. The number of carbonyl (C=O) groups is 1. The number of carbonyl (C=O) groups excluding carboxylic acids is 1. The molecule has 12 N–H and O–H groups in total. The first-order chi connectivity index (χ1) is 44.3. The molecule has 1 amide bonds. The first kappa shape index (κ1) is 82.5. The lowest BCUT2D eigenvalue weighted by Gasteiger charge is -2.48. The van der Waals surface area contributed by atoms with Gasteiger partial charge in [-0.05, 0) is 64.2 Å². The standard InChI is InChI=1S/C72H127NO18/c1-3-5-7-9-11-13-15-17-18-19-20-21-22-23-24-25-26-27-28-29-30-31-32-33-34-35-36-38-40-42-44-46-48-50-60(78)73-55(56(77)49-47-45-43-41-39-37-16-14-12-10-8-6-4-2)54-86-70-66(84)63(81)68(58(52-75)88-70)91-72-67(85)64(82)69(59(53-76)89-72)90-71-65(83)62(80)61(79)57(51-74)87-71/h5,7,11,13,17-18,20-21,23-24,47,49,55-59,61-72,74-77,79-85H,3-4,6,8-10,12,14-16,19,22,25-46,48,50-54H2,1-2H3,(H,73,78)/b7-5-,13-11-,18-17-,21-20-,24-23-,49-47+. The molecule has 3 fully saturated rings. The molecular formula is C72H127NO18. The van der Waals surface area contributed by atoms with Gasteiger partial charge in [-0.25, -0.2) is 0 Å². The Labute approximate surface area is 547 Å². The number of ether oxygens (including phenoxy) is 6. The summed E-state index contributed by atoms with van der Waals surface area (Å²) < 4.78 is 34.3. The Morgan fingerprint density at radius 2 is 0.758 bits per heavy atom. The molecule has 0 aromatic heterocycles. The fourth-order valence-electron chi connectivity index (χ4n) is 11.7. The SMILES string of the molecule is CC/C=C\C/C=C\C/C=C\C/C=C\C/C=C\CCCCCCCCCCCCCCCCCCCC(=O)NC(COC1OC(CO)C(OC2OC(CO)C(OC3OC(CO)C(O)C(O)C3O)C(O)C2O)C(O)C1O)C(O)/C=C/CCCCCCCCCCCCC. The summed E-state index contributed by atoms with van der Waals surface area (Å²) in [6.45, 7) is 1.61. The van der Waals surface area contributed by atoms with Crippen LogP contribution >= 0.6 is 0 Å². The fraction of sp³-hybridized carbons (Fsp3) is 0.819. The molecule has 0 aromatic carbocycles. The van der Waals surface area contributed by atoms with E-state index in [1.165, 1.54) is 141 Å².